The lowest BCUT2D eigenvalue weighted by Gasteiger charge is -2.39. The molecule has 2 saturated heterocycles. The number of methoxy groups -OCH3 is 1. The molecule has 0 amide bonds. The summed E-state index contributed by atoms with van der Waals surface area (Å²) in [5.41, 5.74) is 3.01. The molecule has 2 aliphatic rings. The molecule has 1 aromatic heterocycles. The van der Waals surface area contributed by atoms with Crippen molar-refractivity contribution >= 4 is 53.7 Å². The first-order chi connectivity index (χ1) is 17.0. The number of ether oxygens (including phenoxy) is 1. The van der Waals surface area contributed by atoms with Gasteiger partial charge in [-0.05, 0) is 56.2 Å². The number of nitrogens with zero attached hydrogens (tertiary/aromatic N) is 4. The predicted molar refractivity (Wildman–Crippen MR) is 148 cm³/mol. The Morgan fingerprint density at radius 2 is 1.91 bits per heavy atom. The first kappa shape index (κ1) is 24.1. The van der Waals surface area contributed by atoms with Gasteiger partial charge in [-0.3, -0.25) is 4.90 Å². The molecule has 7 nitrogen and oxygen atoms in total. The van der Waals surface area contributed by atoms with E-state index in [4.69, 9.17) is 16.3 Å². The van der Waals surface area contributed by atoms with Gasteiger partial charge in [-0.2, -0.15) is 4.98 Å². The van der Waals surface area contributed by atoms with Gasteiger partial charge in [0.15, 0.2) is 5.82 Å². The van der Waals surface area contributed by atoms with Crippen LogP contribution in [-0.2, 0) is 0 Å². The molecular formula is C26H32ClN6OP. The van der Waals surface area contributed by atoms with Crippen molar-refractivity contribution in [3.63, 3.8) is 0 Å². The summed E-state index contributed by atoms with van der Waals surface area (Å²) in [6.07, 6.45) is 4.22. The Labute approximate surface area is 213 Å². The first-order valence-corrected chi connectivity index (χ1v) is 14.6. The van der Waals surface area contributed by atoms with E-state index in [9.17, 15) is 0 Å². The maximum atomic E-state index is 6.44. The summed E-state index contributed by atoms with van der Waals surface area (Å²) in [4.78, 5) is 14.1. The van der Waals surface area contributed by atoms with Crippen LogP contribution >= 0.6 is 19.5 Å². The molecule has 2 aromatic carbocycles. The van der Waals surface area contributed by atoms with Crippen molar-refractivity contribution in [1.82, 2.24) is 14.9 Å². The van der Waals surface area contributed by atoms with Gasteiger partial charge in [0.05, 0.1) is 19.0 Å². The van der Waals surface area contributed by atoms with Gasteiger partial charge in [0, 0.05) is 43.1 Å². The molecule has 1 unspecified atom stereocenters. The average Bonchev–Trinajstić information content (AvgIpc) is 3.34. The van der Waals surface area contributed by atoms with Crippen LogP contribution in [0.5, 0.6) is 5.75 Å². The van der Waals surface area contributed by atoms with Crippen molar-refractivity contribution in [3.8, 4) is 5.75 Å². The van der Waals surface area contributed by atoms with E-state index >= 15 is 0 Å². The van der Waals surface area contributed by atoms with Crippen molar-refractivity contribution < 1.29 is 4.74 Å². The third kappa shape index (κ3) is 5.32. The van der Waals surface area contributed by atoms with Crippen molar-refractivity contribution in [2.45, 2.75) is 18.9 Å². The van der Waals surface area contributed by atoms with E-state index in [-0.39, 0.29) is 7.92 Å². The Balaban J connectivity index is 1.34. The number of benzene rings is 2. The van der Waals surface area contributed by atoms with Gasteiger partial charge in [0.1, 0.15) is 10.8 Å². The molecule has 1 atom stereocenters. The number of hydrogen-bond donors (Lipinski definition) is 2. The number of para-hydroxylation sites is 1. The van der Waals surface area contributed by atoms with Crippen LogP contribution < -0.4 is 25.6 Å². The Hall–Kier alpha value is -2.60. The fourth-order valence-corrected chi connectivity index (χ4v) is 6.07. The van der Waals surface area contributed by atoms with Crippen molar-refractivity contribution in [2.75, 3.05) is 62.2 Å². The maximum Gasteiger partial charge on any atom is 0.229 e. The fraction of sp³-hybridized carbons (Fsp3) is 0.385. The standard InChI is InChI=1S/C26H32ClN6OP/c1-34-23-15-18(33-14-13-32-12-6-7-19(32)17-33)10-11-21(23)30-26-28-16-20(27)25(31-26)29-22-8-4-5-9-24(22)35(2)3/h4-5,8-11,15-16,19H,6-7,12-14,17H2,1-3H3,(H2,28,29,30,31). The smallest absolute Gasteiger partial charge is 0.229 e. The summed E-state index contributed by atoms with van der Waals surface area (Å²) < 4.78 is 5.73. The molecule has 0 saturated carbocycles. The molecular weight excluding hydrogens is 479 g/mol. The Kier molecular flexibility index (Phi) is 7.28. The first-order valence-electron chi connectivity index (χ1n) is 12.0. The summed E-state index contributed by atoms with van der Waals surface area (Å²) in [6, 6.07) is 15.2. The molecule has 2 aliphatic heterocycles. The quantitative estimate of drug-likeness (QED) is 0.419. The highest BCUT2D eigenvalue weighted by molar-refractivity contribution is 7.64. The minimum Gasteiger partial charge on any atom is -0.494 e. The zero-order valence-electron chi connectivity index (χ0n) is 20.5. The van der Waals surface area contributed by atoms with Crippen LogP contribution in [0.25, 0.3) is 0 Å². The van der Waals surface area contributed by atoms with Crippen LogP contribution in [0.15, 0.2) is 48.7 Å². The number of aromatic nitrogens is 2. The molecule has 0 radical (unpaired) electrons. The summed E-state index contributed by atoms with van der Waals surface area (Å²) >= 11 is 6.44. The summed E-state index contributed by atoms with van der Waals surface area (Å²) in [6.45, 7) is 8.95. The highest BCUT2D eigenvalue weighted by Crippen LogP contribution is 2.35. The second kappa shape index (κ2) is 10.6. The highest BCUT2D eigenvalue weighted by Gasteiger charge is 2.30. The molecule has 3 heterocycles. The molecule has 5 rings (SSSR count). The molecule has 0 aliphatic carbocycles. The van der Waals surface area contributed by atoms with Crippen LogP contribution in [-0.4, -0.2) is 67.5 Å². The molecule has 0 bridgehead atoms. The summed E-state index contributed by atoms with van der Waals surface area (Å²) in [5, 5.41) is 8.45. The lowest BCUT2D eigenvalue weighted by atomic mass is 10.1. The lowest BCUT2D eigenvalue weighted by molar-refractivity contribution is 0.231. The van der Waals surface area contributed by atoms with Gasteiger partial charge in [0.2, 0.25) is 5.95 Å². The van der Waals surface area contributed by atoms with Crippen LogP contribution in [0.4, 0.5) is 28.8 Å². The number of piperazine rings is 1. The van der Waals surface area contributed by atoms with Crippen molar-refractivity contribution in [1.29, 1.82) is 0 Å². The van der Waals surface area contributed by atoms with Crippen molar-refractivity contribution in [3.05, 3.63) is 53.7 Å². The fourth-order valence-electron chi connectivity index (χ4n) is 4.94. The van der Waals surface area contributed by atoms with Crippen LogP contribution in [0.2, 0.25) is 5.02 Å². The zero-order valence-corrected chi connectivity index (χ0v) is 22.1. The number of fused-ring (bicyclic) bond motifs is 1. The van der Waals surface area contributed by atoms with E-state index in [0.717, 1.165) is 36.8 Å². The van der Waals surface area contributed by atoms with E-state index in [1.165, 1.54) is 30.4 Å². The molecule has 184 valence electrons. The minimum absolute atomic E-state index is 0.276. The topological polar surface area (TPSA) is 65.6 Å². The van der Waals surface area contributed by atoms with Crippen LogP contribution in [0.1, 0.15) is 12.8 Å². The van der Waals surface area contributed by atoms with E-state index in [1.807, 2.05) is 12.1 Å². The van der Waals surface area contributed by atoms with Crippen LogP contribution in [0, 0.1) is 0 Å². The molecule has 35 heavy (non-hydrogen) atoms. The third-order valence-corrected chi connectivity index (χ3v) is 8.40. The molecule has 9 heteroatoms. The number of halogens is 1. The van der Waals surface area contributed by atoms with Gasteiger partial charge >= 0.3 is 0 Å². The van der Waals surface area contributed by atoms with Crippen molar-refractivity contribution in [2.24, 2.45) is 0 Å². The molecule has 0 spiro atoms. The SMILES string of the molecule is COc1cc(N2CCN3CCCC3C2)ccc1Nc1ncc(Cl)c(Nc2ccccc2P(C)C)n1. The third-order valence-electron chi connectivity index (χ3n) is 6.77. The van der Waals surface area contributed by atoms with Crippen LogP contribution in [0.3, 0.4) is 0 Å². The molecule has 3 aromatic rings. The minimum atomic E-state index is -0.276. The number of nitrogens with one attached hydrogen (secondary N) is 2. The van der Waals surface area contributed by atoms with Gasteiger partial charge in [0.25, 0.3) is 0 Å². The maximum absolute atomic E-state index is 6.44. The largest absolute Gasteiger partial charge is 0.494 e. The number of anilines is 5. The zero-order chi connectivity index (χ0) is 24.4. The molecule has 2 fully saturated rings. The van der Waals surface area contributed by atoms with E-state index in [1.54, 1.807) is 13.3 Å². The van der Waals surface area contributed by atoms with Gasteiger partial charge in [-0.25, -0.2) is 4.98 Å². The summed E-state index contributed by atoms with van der Waals surface area (Å²) in [5.74, 6) is 1.78. The highest BCUT2D eigenvalue weighted by atomic mass is 35.5. The van der Waals surface area contributed by atoms with E-state index in [0.29, 0.717) is 22.8 Å². The van der Waals surface area contributed by atoms with E-state index < -0.39 is 0 Å². The Morgan fingerprint density at radius 3 is 2.74 bits per heavy atom. The van der Waals surface area contributed by atoms with Gasteiger partial charge in [-0.15, -0.1) is 0 Å². The Morgan fingerprint density at radius 1 is 1.06 bits per heavy atom. The monoisotopic (exact) mass is 510 g/mol. The van der Waals surface area contributed by atoms with E-state index in [2.05, 4.69) is 74.1 Å². The lowest BCUT2D eigenvalue weighted by Crippen LogP contribution is -2.50. The predicted octanol–water partition coefficient (Wildman–Crippen LogP) is 5.28. The van der Waals surface area contributed by atoms with Gasteiger partial charge < -0.3 is 20.3 Å². The second-order valence-corrected chi connectivity index (χ2v) is 11.9. The summed E-state index contributed by atoms with van der Waals surface area (Å²) in [7, 11) is 1.42. The number of rotatable bonds is 7. The molecule has 2 N–H and O–H groups in total. The van der Waals surface area contributed by atoms with Gasteiger partial charge in [-0.1, -0.05) is 37.7 Å². The average molecular weight is 511 g/mol. The second-order valence-electron chi connectivity index (χ2n) is 9.21. The number of hydrogen-bond acceptors (Lipinski definition) is 7. The Bertz CT molecular complexity index is 1190. The normalized spacial score (nSPS) is 18.0.